The van der Waals surface area contributed by atoms with E-state index in [-0.39, 0.29) is 17.9 Å². The number of carbonyl (C=O) groups excluding carboxylic acids is 2. The van der Waals surface area contributed by atoms with Crippen molar-refractivity contribution in [1.82, 2.24) is 15.1 Å². The SMILES string of the molecule is Cc1cc(C(=O)N2CCCC2C(=O)NCC2CCN(Cc3ccc(Cl)cc3)CC2)c(C)o1. The number of halogens is 1. The van der Waals surface area contributed by atoms with E-state index in [0.717, 1.165) is 43.9 Å². The van der Waals surface area contributed by atoms with Crippen LogP contribution in [0, 0.1) is 19.8 Å². The molecule has 1 aromatic carbocycles. The molecular weight excluding hydrogens is 426 g/mol. The molecule has 0 saturated carbocycles. The molecule has 4 rings (SSSR count). The number of nitrogens with zero attached hydrogens (tertiary/aromatic N) is 2. The molecule has 2 aliphatic heterocycles. The van der Waals surface area contributed by atoms with E-state index >= 15 is 0 Å². The molecule has 0 aliphatic carbocycles. The maximum atomic E-state index is 13.0. The number of hydrogen-bond acceptors (Lipinski definition) is 4. The highest BCUT2D eigenvalue weighted by Gasteiger charge is 2.36. The summed E-state index contributed by atoms with van der Waals surface area (Å²) < 4.78 is 5.51. The van der Waals surface area contributed by atoms with Gasteiger partial charge in [0.1, 0.15) is 17.6 Å². The number of furan rings is 1. The maximum Gasteiger partial charge on any atom is 0.258 e. The smallest absolute Gasteiger partial charge is 0.258 e. The normalized spacial score (nSPS) is 20.0. The average Bonchev–Trinajstić information content (AvgIpc) is 3.40. The predicted molar refractivity (Wildman–Crippen MR) is 125 cm³/mol. The third-order valence-electron chi connectivity index (χ3n) is 6.68. The highest BCUT2D eigenvalue weighted by Crippen LogP contribution is 2.24. The summed E-state index contributed by atoms with van der Waals surface area (Å²) in [6.07, 6.45) is 3.69. The first-order valence-corrected chi connectivity index (χ1v) is 11.9. The van der Waals surface area contributed by atoms with Crippen molar-refractivity contribution < 1.29 is 14.0 Å². The van der Waals surface area contributed by atoms with Crippen LogP contribution in [0.1, 0.15) is 53.1 Å². The lowest BCUT2D eigenvalue weighted by molar-refractivity contribution is -0.125. The second kappa shape index (κ2) is 10.1. The van der Waals surface area contributed by atoms with Crippen LogP contribution in [-0.2, 0) is 11.3 Å². The predicted octanol–water partition coefficient (Wildman–Crippen LogP) is 4.18. The number of hydrogen-bond donors (Lipinski definition) is 1. The number of piperidine rings is 1. The number of carbonyl (C=O) groups is 2. The van der Waals surface area contributed by atoms with Gasteiger partial charge in [-0.2, -0.15) is 0 Å². The van der Waals surface area contributed by atoms with Gasteiger partial charge in [0, 0.05) is 24.7 Å². The zero-order valence-corrected chi connectivity index (χ0v) is 19.7. The number of aryl methyl sites for hydroxylation is 2. The van der Waals surface area contributed by atoms with E-state index in [9.17, 15) is 9.59 Å². The second-order valence-corrected chi connectivity index (χ2v) is 9.51. The van der Waals surface area contributed by atoms with Crippen molar-refractivity contribution in [3.05, 3.63) is 58.0 Å². The van der Waals surface area contributed by atoms with Crippen LogP contribution in [0.3, 0.4) is 0 Å². The largest absolute Gasteiger partial charge is 0.466 e. The number of benzene rings is 1. The molecule has 0 radical (unpaired) electrons. The van der Waals surface area contributed by atoms with Gasteiger partial charge in [-0.25, -0.2) is 0 Å². The van der Waals surface area contributed by atoms with Gasteiger partial charge in [-0.05, 0) is 82.3 Å². The van der Waals surface area contributed by atoms with Crippen molar-refractivity contribution in [2.24, 2.45) is 5.92 Å². The van der Waals surface area contributed by atoms with Gasteiger partial charge in [-0.3, -0.25) is 14.5 Å². The summed E-state index contributed by atoms with van der Waals surface area (Å²) >= 11 is 5.97. The van der Waals surface area contributed by atoms with Gasteiger partial charge >= 0.3 is 0 Å². The fraction of sp³-hybridized carbons (Fsp3) is 0.520. The van der Waals surface area contributed by atoms with Crippen molar-refractivity contribution in [2.75, 3.05) is 26.2 Å². The summed E-state index contributed by atoms with van der Waals surface area (Å²) in [5.41, 5.74) is 1.84. The summed E-state index contributed by atoms with van der Waals surface area (Å²) in [4.78, 5) is 30.0. The molecular formula is C25H32ClN3O3. The minimum Gasteiger partial charge on any atom is -0.466 e. The third-order valence-corrected chi connectivity index (χ3v) is 6.93. The van der Waals surface area contributed by atoms with Crippen LogP contribution in [0.15, 0.2) is 34.7 Å². The minimum atomic E-state index is -0.387. The van der Waals surface area contributed by atoms with Gasteiger partial charge < -0.3 is 14.6 Å². The Morgan fingerprint density at radius 3 is 2.47 bits per heavy atom. The molecule has 1 N–H and O–H groups in total. The highest BCUT2D eigenvalue weighted by molar-refractivity contribution is 6.30. The summed E-state index contributed by atoms with van der Waals surface area (Å²) in [6, 6.07) is 9.41. The van der Waals surface area contributed by atoms with E-state index in [0.29, 0.717) is 42.5 Å². The number of likely N-dealkylation sites (tertiary alicyclic amines) is 2. The Labute approximate surface area is 194 Å². The molecule has 2 fully saturated rings. The first kappa shape index (κ1) is 22.9. The monoisotopic (exact) mass is 457 g/mol. The van der Waals surface area contributed by atoms with Crippen molar-refractivity contribution in [1.29, 1.82) is 0 Å². The molecule has 0 bridgehead atoms. The molecule has 7 heteroatoms. The maximum absolute atomic E-state index is 13.0. The zero-order chi connectivity index (χ0) is 22.7. The Hall–Kier alpha value is -2.31. The van der Waals surface area contributed by atoms with Crippen LogP contribution in [0.5, 0.6) is 0 Å². The van der Waals surface area contributed by atoms with Gasteiger partial charge in [0.05, 0.1) is 5.56 Å². The molecule has 3 heterocycles. The average molecular weight is 458 g/mol. The molecule has 0 spiro atoms. The van der Waals surface area contributed by atoms with Crippen molar-refractivity contribution in [3.8, 4) is 0 Å². The molecule has 2 aliphatic rings. The molecule has 1 atom stereocenters. The lowest BCUT2D eigenvalue weighted by atomic mass is 9.96. The second-order valence-electron chi connectivity index (χ2n) is 9.07. The standard InChI is InChI=1S/C25H32ClN3O3/c1-17-14-22(18(2)32-17)25(31)29-11-3-4-23(29)24(30)27-15-19-9-12-28(13-10-19)16-20-5-7-21(26)8-6-20/h5-8,14,19,23H,3-4,9-13,15-16H2,1-2H3,(H,27,30). The summed E-state index contributed by atoms with van der Waals surface area (Å²) in [7, 11) is 0. The third kappa shape index (κ3) is 5.36. The molecule has 2 saturated heterocycles. The molecule has 172 valence electrons. The molecule has 2 aromatic rings. The van der Waals surface area contributed by atoms with Crippen molar-refractivity contribution >= 4 is 23.4 Å². The van der Waals surface area contributed by atoms with Gasteiger partial charge in [-0.1, -0.05) is 23.7 Å². The minimum absolute atomic E-state index is 0.0303. The topological polar surface area (TPSA) is 65.8 Å². The Kier molecular flexibility index (Phi) is 7.21. The Balaban J connectivity index is 1.24. The van der Waals surface area contributed by atoms with Crippen LogP contribution in [0.4, 0.5) is 0 Å². The molecule has 1 unspecified atom stereocenters. The van der Waals surface area contributed by atoms with E-state index in [1.165, 1.54) is 5.56 Å². The number of nitrogens with one attached hydrogen (secondary N) is 1. The van der Waals surface area contributed by atoms with Gasteiger partial charge in [0.2, 0.25) is 5.91 Å². The van der Waals surface area contributed by atoms with Crippen molar-refractivity contribution in [3.63, 3.8) is 0 Å². The molecule has 1 aromatic heterocycles. The Bertz CT molecular complexity index is 948. The summed E-state index contributed by atoms with van der Waals surface area (Å²) in [5.74, 6) is 1.67. The van der Waals surface area contributed by atoms with E-state index in [4.69, 9.17) is 16.0 Å². The summed E-state index contributed by atoms with van der Waals surface area (Å²) in [6.45, 7) is 7.90. The van der Waals surface area contributed by atoms with Gasteiger partial charge in [0.25, 0.3) is 5.91 Å². The zero-order valence-electron chi connectivity index (χ0n) is 18.9. The van der Waals surface area contributed by atoms with Crippen LogP contribution < -0.4 is 5.32 Å². The van der Waals surface area contributed by atoms with Crippen LogP contribution in [0.2, 0.25) is 5.02 Å². The van der Waals surface area contributed by atoms with E-state index in [2.05, 4.69) is 22.3 Å². The fourth-order valence-corrected chi connectivity index (χ4v) is 4.97. The first-order valence-electron chi connectivity index (χ1n) is 11.5. The van der Waals surface area contributed by atoms with E-state index in [1.54, 1.807) is 17.9 Å². The lowest BCUT2D eigenvalue weighted by Gasteiger charge is -2.32. The molecule has 6 nitrogen and oxygen atoms in total. The number of amides is 2. The molecule has 32 heavy (non-hydrogen) atoms. The first-order chi connectivity index (χ1) is 15.4. The highest BCUT2D eigenvalue weighted by atomic mass is 35.5. The fourth-order valence-electron chi connectivity index (χ4n) is 4.84. The van der Waals surface area contributed by atoms with Gasteiger partial charge in [-0.15, -0.1) is 0 Å². The van der Waals surface area contributed by atoms with Crippen LogP contribution >= 0.6 is 11.6 Å². The van der Waals surface area contributed by atoms with Gasteiger partial charge in [0.15, 0.2) is 0 Å². The van der Waals surface area contributed by atoms with Crippen LogP contribution in [0.25, 0.3) is 0 Å². The lowest BCUT2D eigenvalue weighted by Crippen LogP contribution is -2.47. The van der Waals surface area contributed by atoms with E-state index in [1.807, 2.05) is 19.1 Å². The quantitative estimate of drug-likeness (QED) is 0.706. The van der Waals surface area contributed by atoms with E-state index < -0.39 is 0 Å². The number of rotatable bonds is 6. The summed E-state index contributed by atoms with van der Waals surface area (Å²) in [5, 5.41) is 3.90. The van der Waals surface area contributed by atoms with Crippen molar-refractivity contribution in [2.45, 2.75) is 52.1 Å². The molecule has 2 amide bonds. The van der Waals surface area contributed by atoms with Crippen LogP contribution in [-0.4, -0.2) is 53.8 Å². The Morgan fingerprint density at radius 1 is 1.09 bits per heavy atom. The Morgan fingerprint density at radius 2 is 1.81 bits per heavy atom.